The molecule has 1 N–H and O–H groups in total. The molecule has 0 fully saturated rings. The van der Waals surface area contributed by atoms with Crippen molar-refractivity contribution < 1.29 is 17.9 Å². The number of sulfonamides is 1. The lowest BCUT2D eigenvalue weighted by molar-refractivity contribution is -0.119. The second-order valence-corrected chi connectivity index (χ2v) is 8.59. The summed E-state index contributed by atoms with van der Waals surface area (Å²) in [4.78, 5) is 12.8. The summed E-state index contributed by atoms with van der Waals surface area (Å²) in [7, 11) is -2.44. The summed E-state index contributed by atoms with van der Waals surface area (Å²) in [5, 5.41) is 2.82. The highest BCUT2D eigenvalue weighted by Gasteiger charge is 2.27. The Labute approximate surface area is 177 Å². The van der Waals surface area contributed by atoms with Crippen molar-refractivity contribution in [2.45, 2.75) is 18.4 Å². The molecular formula is C23H24N2O4S. The highest BCUT2D eigenvalue weighted by molar-refractivity contribution is 7.92. The number of ether oxygens (including phenoxy) is 1. The zero-order valence-corrected chi connectivity index (χ0v) is 17.7. The lowest BCUT2D eigenvalue weighted by Crippen LogP contribution is -2.40. The molecule has 0 aliphatic heterocycles. The Morgan fingerprint density at radius 3 is 2.37 bits per heavy atom. The number of carbonyl (C=O) groups excluding carboxylic acids is 1. The minimum absolute atomic E-state index is 0.111. The van der Waals surface area contributed by atoms with Crippen molar-refractivity contribution in [2.75, 3.05) is 18.0 Å². The molecule has 0 spiro atoms. The maximum absolute atomic E-state index is 13.3. The average Bonchev–Trinajstić information content (AvgIpc) is 2.77. The molecule has 7 heteroatoms. The fourth-order valence-corrected chi connectivity index (χ4v) is 4.42. The van der Waals surface area contributed by atoms with Gasteiger partial charge in [-0.3, -0.25) is 9.10 Å². The van der Waals surface area contributed by atoms with Gasteiger partial charge in [-0.15, -0.1) is 0 Å². The topological polar surface area (TPSA) is 75.7 Å². The number of rotatable bonds is 8. The predicted octanol–water partition coefficient (Wildman–Crippen LogP) is 3.52. The second-order valence-electron chi connectivity index (χ2n) is 6.73. The Morgan fingerprint density at radius 1 is 0.967 bits per heavy atom. The first-order valence-electron chi connectivity index (χ1n) is 9.45. The molecule has 3 aromatic rings. The van der Waals surface area contributed by atoms with E-state index in [1.807, 2.05) is 31.2 Å². The number of methoxy groups -OCH3 is 1. The summed E-state index contributed by atoms with van der Waals surface area (Å²) in [6.45, 7) is 1.93. The molecule has 3 rings (SSSR count). The zero-order valence-electron chi connectivity index (χ0n) is 16.9. The molecule has 0 unspecified atom stereocenters. The SMILES string of the molecule is COc1cccc(N(CC(=O)NCc2ccccc2C)S(=O)(=O)c2ccccc2)c1. The van der Waals surface area contributed by atoms with E-state index in [4.69, 9.17) is 4.74 Å². The molecule has 0 aromatic heterocycles. The molecule has 30 heavy (non-hydrogen) atoms. The van der Waals surface area contributed by atoms with Gasteiger partial charge in [0.1, 0.15) is 12.3 Å². The van der Waals surface area contributed by atoms with Crippen molar-refractivity contribution in [2.24, 2.45) is 0 Å². The molecular weight excluding hydrogens is 400 g/mol. The Bertz CT molecular complexity index is 1110. The van der Waals surface area contributed by atoms with E-state index in [0.717, 1.165) is 15.4 Å². The molecule has 0 aliphatic rings. The standard InChI is InChI=1S/C23H24N2O4S/c1-18-9-6-7-10-19(18)16-24-23(26)17-25(20-11-8-12-21(15-20)29-2)30(27,28)22-13-4-3-5-14-22/h3-15H,16-17H2,1-2H3,(H,24,26). The van der Waals surface area contributed by atoms with E-state index in [1.54, 1.807) is 42.5 Å². The fraction of sp³-hybridized carbons (Fsp3) is 0.174. The maximum Gasteiger partial charge on any atom is 0.264 e. The lowest BCUT2D eigenvalue weighted by Gasteiger charge is -2.24. The minimum Gasteiger partial charge on any atom is -0.497 e. The Balaban J connectivity index is 1.87. The fourth-order valence-electron chi connectivity index (χ4n) is 2.99. The number of hydrogen-bond donors (Lipinski definition) is 1. The van der Waals surface area contributed by atoms with Gasteiger partial charge < -0.3 is 10.1 Å². The molecule has 0 heterocycles. The van der Waals surface area contributed by atoms with E-state index < -0.39 is 15.9 Å². The molecule has 3 aromatic carbocycles. The monoisotopic (exact) mass is 424 g/mol. The highest BCUT2D eigenvalue weighted by Crippen LogP contribution is 2.26. The normalized spacial score (nSPS) is 11.0. The Hall–Kier alpha value is -3.32. The second kappa shape index (κ2) is 9.45. The van der Waals surface area contributed by atoms with Crippen LogP contribution in [0.15, 0.2) is 83.8 Å². The summed E-state index contributed by atoms with van der Waals surface area (Å²) >= 11 is 0. The van der Waals surface area contributed by atoms with Gasteiger partial charge in [0.15, 0.2) is 0 Å². The predicted molar refractivity (Wildman–Crippen MR) is 117 cm³/mol. The van der Waals surface area contributed by atoms with E-state index in [2.05, 4.69) is 5.32 Å². The van der Waals surface area contributed by atoms with Gasteiger partial charge in [-0.2, -0.15) is 0 Å². The first kappa shape index (κ1) is 21.4. The van der Waals surface area contributed by atoms with Crippen LogP contribution in [0.2, 0.25) is 0 Å². The highest BCUT2D eigenvalue weighted by atomic mass is 32.2. The van der Waals surface area contributed by atoms with Gasteiger partial charge in [-0.25, -0.2) is 8.42 Å². The summed E-state index contributed by atoms with van der Waals surface area (Å²) < 4.78 is 32.9. The average molecular weight is 425 g/mol. The van der Waals surface area contributed by atoms with E-state index >= 15 is 0 Å². The quantitative estimate of drug-likeness (QED) is 0.600. The van der Waals surface area contributed by atoms with Crippen molar-refractivity contribution >= 4 is 21.6 Å². The van der Waals surface area contributed by atoms with Crippen LogP contribution < -0.4 is 14.4 Å². The first-order valence-corrected chi connectivity index (χ1v) is 10.9. The first-order chi connectivity index (χ1) is 14.4. The van der Waals surface area contributed by atoms with Gasteiger partial charge in [0.05, 0.1) is 17.7 Å². The third kappa shape index (κ3) is 4.99. The molecule has 0 bridgehead atoms. The van der Waals surface area contributed by atoms with E-state index in [-0.39, 0.29) is 11.4 Å². The van der Waals surface area contributed by atoms with Crippen molar-refractivity contribution in [1.29, 1.82) is 0 Å². The number of carbonyl (C=O) groups is 1. The van der Waals surface area contributed by atoms with Crippen LogP contribution in [0.4, 0.5) is 5.69 Å². The van der Waals surface area contributed by atoms with Gasteiger partial charge in [0.2, 0.25) is 5.91 Å². The molecule has 156 valence electrons. The van der Waals surface area contributed by atoms with Crippen molar-refractivity contribution in [3.05, 3.63) is 90.0 Å². The number of amides is 1. The van der Waals surface area contributed by atoms with Crippen molar-refractivity contribution in [3.63, 3.8) is 0 Å². The zero-order chi connectivity index (χ0) is 21.6. The van der Waals surface area contributed by atoms with Crippen LogP contribution in [0, 0.1) is 6.92 Å². The van der Waals surface area contributed by atoms with Crippen LogP contribution in [-0.2, 0) is 21.4 Å². The molecule has 1 amide bonds. The van der Waals surface area contributed by atoms with Crippen molar-refractivity contribution in [3.8, 4) is 5.75 Å². The van der Waals surface area contributed by atoms with Gasteiger partial charge in [-0.05, 0) is 42.3 Å². The molecule has 0 saturated heterocycles. The molecule has 0 saturated carbocycles. The third-order valence-corrected chi connectivity index (χ3v) is 6.49. The van der Waals surface area contributed by atoms with Gasteiger partial charge in [-0.1, -0.05) is 48.5 Å². The Kier molecular flexibility index (Phi) is 6.74. The largest absolute Gasteiger partial charge is 0.497 e. The third-order valence-electron chi connectivity index (χ3n) is 4.70. The number of nitrogens with one attached hydrogen (secondary N) is 1. The van der Waals surface area contributed by atoms with E-state index in [9.17, 15) is 13.2 Å². The van der Waals surface area contributed by atoms with Crippen LogP contribution in [0.25, 0.3) is 0 Å². The number of hydrogen-bond acceptors (Lipinski definition) is 4. The van der Waals surface area contributed by atoms with Crippen LogP contribution in [0.5, 0.6) is 5.75 Å². The van der Waals surface area contributed by atoms with Crippen LogP contribution in [0.1, 0.15) is 11.1 Å². The summed E-state index contributed by atoms with van der Waals surface area (Å²) in [5.74, 6) is 0.0988. The smallest absolute Gasteiger partial charge is 0.264 e. The summed E-state index contributed by atoms with van der Waals surface area (Å²) in [6, 6.07) is 22.4. The summed E-state index contributed by atoms with van der Waals surface area (Å²) in [5.41, 5.74) is 2.38. The number of aryl methyl sites for hydroxylation is 1. The van der Waals surface area contributed by atoms with Crippen LogP contribution >= 0.6 is 0 Å². The molecule has 6 nitrogen and oxygen atoms in total. The minimum atomic E-state index is -3.95. The van der Waals surface area contributed by atoms with Crippen molar-refractivity contribution in [1.82, 2.24) is 5.32 Å². The number of benzene rings is 3. The molecule has 0 atom stereocenters. The number of nitrogens with zero attached hydrogens (tertiary/aromatic N) is 1. The van der Waals surface area contributed by atoms with Gasteiger partial charge in [0.25, 0.3) is 10.0 Å². The molecule has 0 aliphatic carbocycles. The number of anilines is 1. The summed E-state index contributed by atoms with van der Waals surface area (Å²) in [6.07, 6.45) is 0. The van der Waals surface area contributed by atoms with Gasteiger partial charge in [0, 0.05) is 12.6 Å². The molecule has 0 radical (unpaired) electrons. The van der Waals surface area contributed by atoms with E-state index in [0.29, 0.717) is 18.0 Å². The van der Waals surface area contributed by atoms with Gasteiger partial charge >= 0.3 is 0 Å². The van der Waals surface area contributed by atoms with Crippen LogP contribution in [0.3, 0.4) is 0 Å². The van der Waals surface area contributed by atoms with E-state index in [1.165, 1.54) is 19.2 Å². The van der Waals surface area contributed by atoms with Crippen LogP contribution in [-0.4, -0.2) is 28.0 Å². The lowest BCUT2D eigenvalue weighted by atomic mass is 10.1. The Morgan fingerprint density at radius 2 is 1.67 bits per heavy atom. The maximum atomic E-state index is 13.3.